The number of ketones is 1. The number of carboxylic acid groups (broad SMARTS) is 1. The van der Waals surface area contributed by atoms with E-state index in [0.29, 0.717) is 23.3 Å². The molecule has 1 aromatic rings. The Morgan fingerprint density at radius 3 is 2.30 bits per heavy atom. The summed E-state index contributed by atoms with van der Waals surface area (Å²) in [6, 6.07) is 0. The molecular weight excluding hydrogens is 324 g/mol. The van der Waals surface area contributed by atoms with E-state index >= 15 is 0 Å². The average Bonchev–Trinajstić information content (AvgIpc) is 2.54. The van der Waals surface area contributed by atoms with Crippen LogP contribution in [0.2, 0.25) is 0 Å². The normalized spacial score (nSPS) is 17.2. The fourth-order valence-corrected chi connectivity index (χ4v) is 4.76. The van der Waals surface area contributed by atoms with E-state index in [4.69, 9.17) is 0 Å². The number of carboxylic acids is 1. The quantitative estimate of drug-likeness (QED) is 0.894. The summed E-state index contributed by atoms with van der Waals surface area (Å²) >= 11 is 0.686. The van der Waals surface area contributed by atoms with E-state index in [2.05, 4.69) is 0 Å². The maximum atomic E-state index is 12.2. The third-order valence-corrected chi connectivity index (χ3v) is 6.13. The third kappa shape index (κ3) is 2.89. The Labute approximate surface area is 127 Å². The molecule has 0 saturated carbocycles. The molecule has 1 aliphatic carbocycles. The van der Waals surface area contributed by atoms with E-state index in [0.717, 1.165) is 6.26 Å². The van der Waals surface area contributed by atoms with Gasteiger partial charge in [0.05, 0.1) is 5.56 Å². The first-order valence-electron chi connectivity index (χ1n) is 5.65. The molecule has 0 spiro atoms. The lowest BCUT2D eigenvalue weighted by Crippen LogP contribution is -2.28. The molecule has 1 aliphatic rings. The van der Waals surface area contributed by atoms with Gasteiger partial charge >= 0.3 is 5.97 Å². The zero-order valence-corrected chi connectivity index (χ0v) is 13.7. The van der Waals surface area contributed by atoms with Crippen molar-refractivity contribution in [1.82, 2.24) is 0 Å². The molecule has 20 heavy (non-hydrogen) atoms. The zero-order chi connectivity index (χ0) is 14.6. The van der Waals surface area contributed by atoms with Crippen molar-refractivity contribution in [1.29, 1.82) is 0 Å². The minimum absolute atomic E-state index is 0. The van der Waals surface area contributed by atoms with Gasteiger partial charge in [0.15, 0.2) is 15.6 Å². The third-order valence-electron chi connectivity index (χ3n) is 3.08. The molecular formula is C12H15ClO5S2. The summed E-state index contributed by atoms with van der Waals surface area (Å²) in [4.78, 5) is 23.4. The Hall–Kier alpha value is -0.920. The molecule has 0 radical (unpaired) electrons. The van der Waals surface area contributed by atoms with Gasteiger partial charge in [-0.2, -0.15) is 0 Å². The second-order valence-electron chi connectivity index (χ2n) is 5.59. The number of thiophene rings is 1. The van der Waals surface area contributed by atoms with Crippen molar-refractivity contribution in [3.05, 3.63) is 16.0 Å². The number of halogens is 1. The van der Waals surface area contributed by atoms with Crippen LogP contribution in [-0.2, 0) is 16.3 Å². The number of aromatic carboxylic acids is 1. The largest absolute Gasteiger partial charge is 0.477 e. The van der Waals surface area contributed by atoms with Crippen LogP contribution in [0.5, 0.6) is 0 Å². The Balaban J connectivity index is 0.00000200. The molecule has 0 unspecified atom stereocenters. The Kier molecular flexibility index (Phi) is 4.39. The van der Waals surface area contributed by atoms with Crippen LogP contribution in [-0.4, -0.2) is 31.5 Å². The van der Waals surface area contributed by atoms with Crippen LogP contribution in [0.1, 0.15) is 45.9 Å². The Morgan fingerprint density at radius 1 is 1.30 bits per heavy atom. The summed E-state index contributed by atoms with van der Waals surface area (Å²) in [6.07, 6.45) is 1.64. The van der Waals surface area contributed by atoms with Gasteiger partial charge in [0.1, 0.15) is 9.09 Å². The van der Waals surface area contributed by atoms with Gasteiger partial charge in [-0.05, 0) is 17.4 Å². The van der Waals surface area contributed by atoms with Crippen molar-refractivity contribution in [3.63, 3.8) is 0 Å². The van der Waals surface area contributed by atoms with Crippen molar-refractivity contribution < 1.29 is 23.1 Å². The fraction of sp³-hybridized carbons (Fsp3) is 0.500. The average molecular weight is 339 g/mol. The van der Waals surface area contributed by atoms with Gasteiger partial charge < -0.3 is 5.11 Å². The summed E-state index contributed by atoms with van der Waals surface area (Å²) in [7, 11) is -3.59. The Bertz CT molecular complexity index is 685. The lowest BCUT2D eigenvalue weighted by molar-refractivity contribution is 0.0700. The molecule has 0 atom stereocenters. The summed E-state index contributed by atoms with van der Waals surface area (Å²) in [5.41, 5.74) is 0.132. The molecule has 0 aromatic carbocycles. The second kappa shape index (κ2) is 5.13. The predicted molar refractivity (Wildman–Crippen MR) is 78.1 cm³/mol. The number of Topliss-reactive ketones (excluding diaryl/α,β-unsaturated/α-hetero) is 1. The molecule has 0 bridgehead atoms. The number of hydrogen-bond donors (Lipinski definition) is 1. The van der Waals surface area contributed by atoms with E-state index in [1.54, 1.807) is 0 Å². The Morgan fingerprint density at radius 2 is 1.85 bits per heavy atom. The monoisotopic (exact) mass is 338 g/mol. The van der Waals surface area contributed by atoms with Crippen molar-refractivity contribution in [2.24, 2.45) is 5.41 Å². The molecule has 0 amide bonds. The van der Waals surface area contributed by atoms with Crippen LogP contribution >= 0.6 is 23.7 Å². The number of sulfone groups is 1. The van der Waals surface area contributed by atoms with E-state index in [-0.39, 0.29) is 44.7 Å². The number of rotatable bonds is 2. The molecule has 2 rings (SSSR count). The van der Waals surface area contributed by atoms with Gasteiger partial charge in [-0.1, -0.05) is 13.8 Å². The molecule has 112 valence electrons. The van der Waals surface area contributed by atoms with E-state index < -0.39 is 15.8 Å². The molecule has 1 aromatic heterocycles. The minimum atomic E-state index is -3.59. The maximum absolute atomic E-state index is 12.2. The number of carbonyl (C=O) groups excluding carboxylic acids is 1. The van der Waals surface area contributed by atoms with Crippen molar-refractivity contribution in [2.75, 3.05) is 6.26 Å². The highest BCUT2D eigenvalue weighted by atomic mass is 35.5. The lowest BCUT2D eigenvalue weighted by Gasteiger charge is -2.29. The summed E-state index contributed by atoms with van der Waals surface area (Å²) in [5.74, 6) is -1.46. The number of carbonyl (C=O) groups is 2. The van der Waals surface area contributed by atoms with Crippen molar-refractivity contribution in [2.45, 2.75) is 30.9 Å². The molecule has 0 saturated heterocycles. The summed E-state index contributed by atoms with van der Waals surface area (Å²) in [6.45, 7) is 3.74. The summed E-state index contributed by atoms with van der Waals surface area (Å²) in [5, 5.41) is 9.18. The maximum Gasteiger partial charge on any atom is 0.346 e. The molecule has 0 fully saturated rings. The van der Waals surface area contributed by atoms with Crippen LogP contribution in [0.15, 0.2) is 4.21 Å². The molecule has 1 heterocycles. The van der Waals surface area contributed by atoms with Gasteiger partial charge in [-0.15, -0.1) is 23.7 Å². The van der Waals surface area contributed by atoms with E-state index in [1.165, 1.54) is 0 Å². The lowest BCUT2D eigenvalue weighted by atomic mass is 9.74. The fourth-order valence-electron chi connectivity index (χ4n) is 2.39. The standard InChI is InChI=1S/C12H14O5S2.ClH/c1-12(2)4-6-8(7(13)5-12)11(19(3,16)17)18-9(6)10(14)15;/h4-5H2,1-3H3,(H,14,15);1H. The first-order chi connectivity index (χ1) is 8.53. The highest BCUT2D eigenvalue weighted by Gasteiger charge is 2.39. The zero-order valence-electron chi connectivity index (χ0n) is 11.2. The number of fused-ring (bicyclic) bond motifs is 1. The topological polar surface area (TPSA) is 88.5 Å². The van der Waals surface area contributed by atoms with Crippen LogP contribution in [0.4, 0.5) is 0 Å². The van der Waals surface area contributed by atoms with Gasteiger partial charge in [0.25, 0.3) is 0 Å². The van der Waals surface area contributed by atoms with E-state index in [1.807, 2.05) is 13.8 Å². The smallest absolute Gasteiger partial charge is 0.346 e. The molecule has 5 nitrogen and oxygen atoms in total. The van der Waals surface area contributed by atoms with Gasteiger partial charge in [0, 0.05) is 12.7 Å². The van der Waals surface area contributed by atoms with Crippen molar-refractivity contribution in [3.8, 4) is 0 Å². The first-order valence-corrected chi connectivity index (χ1v) is 8.36. The van der Waals surface area contributed by atoms with Gasteiger partial charge in [-0.3, -0.25) is 4.79 Å². The van der Waals surface area contributed by atoms with E-state index in [9.17, 15) is 23.1 Å². The highest BCUT2D eigenvalue weighted by Crippen LogP contribution is 2.43. The SMILES string of the molecule is CC1(C)CC(=O)c2c(S(C)(=O)=O)sc(C(=O)O)c2C1.Cl. The van der Waals surface area contributed by atoms with Crippen LogP contribution in [0.3, 0.4) is 0 Å². The molecule has 1 N–H and O–H groups in total. The first kappa shape index (κ1) is 17.1. The summed E-state index contributed by atoms with van der Waals surface area (Å²) < 4.78 is 23.3. The highest BCUT2D eigenvalue weighted by molar-refractivity contribution is 7.92. The van der Waals surface area contributed by atoms with Crippen LogP contribution in [0, 0.1) is 5.41 Å². The van der Waals surface area contributed by atoms with Gasteiger partial charge in [-0.25, -0.2) is 13.2 Å². The van der Waals surface area contributed by atoms with Crippen LogP contribution in [0.25, 0.3) is 0 Å². The predicted octanol–water partition coefficient (Wildman–Crippen LogP) is 2.43. The molecule has 8 heteroatoms. The van der Waals surface area contributed by atoms with Crippen LogP contribution < -0.4 is 0 Å². The number of hydrogen-bond acceptors (Lipinski definition) is 5. The van der Waals surface area contributed by atoms with Crippen molar-refractivity contribution >= 4 is 45.3 Å². The second-order valence-corrected chi connectivity index (χ2v) is 8.82. The minimum Gasteiger partial charge on any atom is -0.477 e. The molecule has 0 aliphatic heterocycles. The van der Waals surface area contributed by atoms with Gasteiger partial charge in [0.2, 0.25) is 0 Å².